The maximum Gasteiger partial charge on any atom is 0.0876 e. The normalized spacial score (nSPS) is 19.7. The zero-order valence-corrected chi connectivity index (χ0v) is 13.3. The predicted molar refractivity (Wildman–Crippen MR) is 82.9 cm³/mol. The Bertz CT molecular complexity index is 382. The number of hydrogen-bond acceptors (Lipinski definition) is 3. The minimum atomic E-state index is 0.0252. The number of ether oxygens (including phenoxy) is 1. The molecule has 1 fully saturated rings. The van der Waals surface area contributed by atoms with Crippen molar-refractivity contribution in [3.8, 4) is 0 Å². The molecule has 1 heterocycles. The number of nitrogens with one attached hydrogen (secondary N) is 1. The van der Waals surface area contributed by atoms with Crippen molar-refractivity contribution in [2.45, 2.75) is 64.5 Å². The first-order chi connectivity index (χ1) is 9.22. The van der Waals surface area contributed by atoms with Gasteiger partial charge in [0.15, 0.2) is 0 Å². The standard InChI is InChI=1S/C16H27NOS/c1-4-10-17-15(14-11-13(3)19-12-14)16(18-5-2)8-6-7-9-16/h11-12,15,17H,4-10H2,1-3H3. The van der Waals surface area contributed by atoms with Crippen molar-refractivity contribution in [2.75, 3.05) is 13.2 Å². The topological polar surface area (TPSA) is 21.3 Å². The van der Waals surface area contributed by atoms with Crippen molar-refractivity contribution < 1.29 is 4.74 Å². The first-order valence-corrected chi connectivity index (χ1v) is 8.52. The predicted octanol–water partition coefficient (Wildman–Crippen LogP) is 4.45. The first kappa shape index (κ1) is 15.0. The van der Waals surface area contributed by atoms with Crippen molar-refractivity contribution in [3.05, 3.63) is 21.9 Å². The molecular weight excluding hydrogens is 254 g/mol. The molecule has 1 aromatic rings. The summed E-state index contributed by atoms with van der Waals surface area (Å²) in [5.74, 6) is 0. The smallest absolute Gasteiger partial charge is 0.0876 e. The van der Waals surface area contributed by atoms with Crippen molar-refractivity contribution in [1.82, 2.24) is 5.32 Å². The lowest BCUT2D eigenvalue weighted by Crippen LogP contribution is -2.44. The van der Waals surface area contributed by atoms with Gasteiger partial charge in [-0.3, -0.25) is 0 Å². The third-order valence-corrected chi connectivity index (χ3v) is 4.97. The van der Waals surface area contributed by atoms with E-state index in [-0.39, 0.29) is 5.60 Å². The van der Waals surface area contributed by atoms with Gasteiger partial charge in [0, 0.05) is 11.5 Å². The maximum absolute atomic E-state index is 6.26. The summed E-state index contributed by atoms with van der Waals surface area (Å²) in [6.07, 6.45) is 6.15. The van der Waals surface area contributed by atoms with Gasteiger partial charge < -0.3 is 10.1 Å². The van der Waals surface area contributed by atoms with Gasteiger partial charge in [0.25, 0.3) is 0 Å². The van der Waals surface area contributed by atoms with Crippen molar-refractivity contribution in [1.29, 1.82) is 0 Å². The highest BCUT2D eigenvalue weighted by atomic mass is 32.1. The van der Waals surface area contributed by atoms with Crippen LogP contribution in [-0.2, 0) is 4.74 Å². The Morgan fingerprint density at radius 3 is 2.63 bits per heavy atom. The van der Waals surface area contributed by atoms with Crippen LogP contribution < -0.4 is 5.32 Å². The second kappa shape index (κ2) is 6.87. The third-order valence-electron chi connectivity index (χ3n) is 4.09. The summed E-state index contributed by atoms with van der Waals surface area (Å²) in [5.41, 5.74) is 1.45. The Morgan fingerprint density at radius 2 is 2.11 bits per heavy atom. The third kappa shape index (κ3) is 3.39. The molecule has 2 rings (SSSR count). The summed E-state index contributed by atoms with van der Waals surface area (Å²) < 4.78 is 6.26. The molecule has 0 radical (unpaired) electrons. The van der Waals surface area contributed by atoms with E-state index in [4.69, 9.17) is 4.74 Å². The van der Waals surface area contributed by atoms with E-state index in [1.165, 1.54) is 42.5 Å². The van der Waals surface area contributed by atoms with E-state index in [0.717, 1.165) is 13.2 Å². The Balaban J connectivity index is 2.24. The number of rotatable bonds is 7. The van der Waals surface area contributed by atoms with E-state index in [9.17, 15) is 0 Å². The minimum absolute atomic E-state index is 0.0252. The van der Waals surface area contributed by atoms with Crippen LogP contribution in [0, 0.1) is 6.92 Å². The Labute approximate surface area is 121 Å². The second-order valence-electron chi connectivity index (χ2n) is 5.58. The molecule has 3 heteroatoms. The van der Waals surface area contributed by atoms with Gasteiger partial charge in [0.1, 0.15) is 0 Å². The van der Waals surface area contributed by atoms with Crippen LogP contribution in [0.3, 0.4) is 0 Å². The van der Waals surface area contributed by atoms with Crippen LogP contribution in [0.5, 0.6) is 0 Å². The van der Waals surface area contributed by atoms with E-state index in [2.05, 4.69) is 37.5 Å². The van der Waals surface area contributed by atoms with Crippen molar-refractivity contribution in [3.63, 3.8) is 0 Å². The average Bonchev–Trinajstić information content (AvgIpc) is 3.01. The fraction of sp³-hybridized carbons (Fsp3) is 0.750. The lowest BCUT2D eigenvalue weighted by Gasteiger charge is -2.38. The largest absolute Gasteiger partial charge is 0.373 e. The van der Waals surface area contributed by atoms with Crippen molar-refractivity contribution >= 4 is 11.3 Å². The first-order valence-electron chi connectivity index (χ1n) is 7.64. The van der Waals surface area contributed by atoms with Crippen molar-refractivity contribution in [2.24, 2.45) is 0 Å². The van der Waals surface area contributed by atoms with Crippen LogP contribution in [0.2, 0.25) is 0 Å². The molecule has 0 bridgehead atoms. The highest BCUT2D eigenvalue weighted by Gasteiger charge is 2.42. The molecule has 1 unspecified atom stereocenters. The molecule has 1 saturated carbocycles. The molecule has 0 aliphatic heterocycles. The quantitative estimate of drug-likeness (QED) is 0.797. The average molecular weight is 281 g/mol. The highest BCUT2D eigenvalue weighted by molar-refractivity contribution is 7.10. The van der Waals surface area contributed by atoms with Gasteiger partial charge in [-0.2, -0.15) is 0 Å². The summed E-state index contributed by atoms with van der Waals surface area (Å²) in [4.78, 5) is 1.39. The summed E-state index contributed by atoms with van der Waals surface area (Å²) >= 11 is 1.85. The molecule has 1 N–H and O–H groups in total. The monoisotopic (exact) mass is 281 g/mol. The van der Waals surface area contributed by atoms with Gasteiger partial charge in [-0.05, 0) is 56.7 Å². The molecule has 108 valence electrons. The molecule has 2 nitrogen and oxygen atoms in total. The fourth-order valence-corrected chi connectivity index (χ4v) is 4.02. The van der Waals surface area contributed by atoms with Gasteiger partial charge in [0.2, 0.25) is 0 Å². The molecule has 1 atom stereocenters. The Morgan fingerprint density at radius 1 is 1.37 bits per heavy atom. The summed E-state index contributed by atoms with van der Waals surface area (Å²) in [7, 11) is 0. The summed E-state index contributed by atoms with van der Waals surface area (Å²) in [6.45, 7) is 8.41. The van der Waals surface area contributed by atoms with E-state index in [1.807, 2.05) is 11.3 Å². The van der Waals surface area contributed by atoms with Crippen LogP contribution in [0.25, 0.3) is 0 Å². The molecule has 0 spiro atoms. The zero-order chi connectivity index (χ0) is 13.7. The molecule has 19 heavy (non-hydrogen) atoms. The number of aryl methyl sites for hydroxylation is 1. The van der Waals surface area contributed by atoms with Crippen LogP contribution >= 0.6 is 11.3 Å². The van der Waals surface area contributed by atoms with Gasteiger partial charge in [-0.1, -0.05) is 19.8 Å². The Kier molecular flexibility index (Phi) is 5.43. The van der Waals surface area contributed by atoms with Crippen LogP contribution in [0.1, 0.15) is 62.4 Å². The lowest BCUT2D eigenvalue weighted by molar-refractivity contribution is -0.0625. The van der Waals surface area contributed by atoms with Gasteiger partial charge in [0.05, 0.1) is 11.6 Å². The summed E-state index contributed by atoms with van der Waals surface area (Å²) in [5, 5.41) is 6.06. The van der Waals surface area contributed by atoms with Gasteiger partial charge in [-0.15, -0.1) is 11.3 Å². The van der Waals surface area contributed by atoms with Gasteiger partial charge >= 0.3 is 0 Å². The molecule has 0 saturated heterocycles. The number of thiophene rings is 1. The fourth-order valence-electron chi connectivity index (χ4n) is 3.29. The van der Waals surface area contributed by atoms with Crippen LogP contribution in [-0.4, -0.2) is 18.8 Å². The molecule has 0 amide bonds. The highest BCUT2D eigenvalue weighted by Crippen LogP contribution is 2.43. The van der Waals surface area contributed by atoms with Crippen LogP contribution in [0.15, 0.2) is 11.4 Å². The molecule has 0 aromatic carbocycles. The van der Waals surface area contributed by atoms with E-state index >= 15 is 0 Å². The van der Waals surface area contributed by atoms with E-state index < -0.39 is 0 Å². The lowest BCUT2D eigenvalue weighted by atomic mass is 9.87. The second-order valence-corrected chi connectivity index (χ2v) is 6.70. The van der Waals surface area contributed by atoms with Crippen LogP contribution in [0.4, 0.5) is 0 Å². The molecule has 1 aliphatic carbocycles. The Hall–Kier alpha value is -0.380. The minimum Gasteiger partial charge on any atom is -0.373 e. The summed E-state index contributed by atoms with van der Waals surface area (Å²) in [6, 6.07) is 2.69. The SMILES string of the molecule is CCCNC(c1csc(C)c1)C1(OCC)CCCC1. The molecule has 1 aliphatic rings. The number of hydrogen-bond donors (Lipinski definition) is 1. The van der Waals surface area contributed by atoms with E-state index in [0.29, 0.717) is 6.04 Å². The van der Waals surface area contributed by atoms with Gasteiger partial charge in [-0.25, -0.2) is 0 Å². The van der Waals surface area contributed by atoms with E-state index in [1.54, 1.807) is 0 Å². The maximum atomic E-state index is 6.26. The molecule has 1 aromatic heterocycles. The zero-order valence-electron chi connectivity index (χ0n) is 12.5. The molecular formula is C16H27NOS.